The molecule has 4 rings (SSSR count). The Kier molecular flexibility index (Phi) is 4.88. The van der Waals surface area contributed by atoms with E-state index in [4.69, 9.17) is 9.15 Å². The monoisotopic (exact) mass is 419 g/mol. The first-order chi connectivity index (χ1) is 14.8. The van der Waals surface area contributed by atoms with Crippen LogP contribution in [0.4, 0.5) is 11.4 Å². The van der Waals surface area contributed by atoms with E-state index in [0.29, 0.717) is 22.5 Å². The molecule has 31 heavy (non-hydrogen) atoms. The molecule has 0 N–H and O–H groups in total. The average Bonchev–Trinajstić information content (AvgIpc) is 3.35. The van der Waals surface area contributed by atoms with Crippen LogP contribution in [-0.2, 0) is 9.53 Å². The number of benzene rings is 2. The van der Waals surface area contributed by atoms with Crippen LogP contribution >= 0.6 is 0 Å². The van der Waals surface area contributed by atoms with Gasteiger partial charge in [-0.15, -0.1) is 0 Å². The lowest BCUT2D eigenvalue weighted by atomic mass is 10.1. The summed E-state index contributed by atoms with van der Waals surface area (Å²) in [5.41, 5.74) is 1.04. The molecule has 0 radical (unpaired) electrons. The van der Waals surface area contributed by atoms with Crippen LogP contribution in [-0.4, -0.2) is 21.7 Å². The summed E-state index contributed by atoms with van der Waals surface area (Å²) in [5, 5.41) is 22.1. The highest BCUT2D eigenvalue weighted by molar-refractivity contribution is 6.13. The number of ether oxygens (including phenoxy) is 1. The zero-order valence-electron chi connectivity index (χ0n) is 16.0. The van der Waals surface area contributed by atoms with Gasteiger partial charge in [0, 0.05) is 41.0 Å². The van der Waals surface area contributed by atoms with E-state index in [9.17, 15) is 25.0 Å². The van der Waals surface area contributed by atoms with Crippen LogP contribution in [0.5, 0.6) is 0 Å². The minimum atomic E-state index is -0.730. The number of rotatable bonds is 5. The summed E-state index contributed by atoms with van der Waals surface area (Å²) in [6.45, 7) is 1.60. The van der Waals surface area contributed by atoms with Crippen molar-refractivity contribution in [2.45, 2.75) is 6.92 Å². The van der Waals surface area contributed by atoms with Crippen molar-refractivity contribution in [3.63, 3.8) is 0 Å². The minimum Gasteiger partial charge on any atom is -0.457 e. The molecule has 1 aromatic heterocycles. The Labute approximate surface area is 174 Å². The molecule has 2 aromatic carbocycles. The van der Waals surface area contributed by atoms with Crippen LogP contribution in [0, 0.1) is 27.2 Å². The number of nitrogens with zero attached hydrogens (tertiary/aromatic N) is 3. The van der Waals surface area contributed by atoms with Gasteiger partial charge in [-0.05, 0) is 25.1 Å². The molecule has 0 amide bonds. The second-order valence-corrected chi connectivity index (χ2v) is 6.60. The highest BCUT2D eigenvalue weighted by Gasteiger charge is 2.26. The van der Waals surface area contributed by atoms with Gasteiger partial charge >= 0.3 is 5.97 Å². The maximum Gasteiger partial charge on any atom is 0.363 e. The zero-order valence-corrected chi connectivity index (χ0v) is 16.0. The summed E-state index contributed by atoms with van der Waals surface area (Å²) < 4.78 is 10.8. The fourth-order valence-corrected chi connectivity index (χ4v) is 2.96. The molecule has 2 heterocycles. The van der Waals surface area contributed by atoms with E-state index in [1.165, 1.54) is 24.3 Å². The molecule has 0 unspecified atom stereocenters. The number of hydrogen-bond donors (Lipinski definition) is 0. The first-order valence-corrected chi connectivity index (χ1v) is 8.94. The second kappa shape index (κ2) is 7.67. The maximum absolute atomic E-state index is 12.2. The predicted molar refractivity (Wildman–Crippen MR) is 109 cm³/mol. The Balaban J connectivity index is 1.63. The van der Waals surface area contributed by atoms with E-state index in [1.54, 1.807) is 43.3 Å². The lowest BCUT2D eigenvalue weighted by Gasteiger charge is -2.01. The molecule has 0 aliphatic carbocycles. The summed E-state index contributed by atoms with van der Waals surface area (Å²) in [6.07, 6.45) is 1.36. The number of furan rings is 1. The van der Waals surface area contributed by atoms with E-state index in [1.807, 2.05) is 0 Å². The SMILES string of the molecule is Cc1ccc(C2=N/C(=C\c3ccc(-c4cccc([N+](=O)[O-])c4)o3)C(=O)O2)cc1[N+](=O)[O-]. The maximum atomic E-state index is 12.2. The van der Waals surface area contributed by atoms with E-state index >= 15 is 0 Å². The van der Waals surface area contributed by atoms with E-state index in [0.717, 1.165) is 0 Å². The molecule has 0 atom stereocenters. The Morgan fingerprint density at radius 3 is 2.52 bits per heavy atom. The third kappa shape index (κ3) is 3.94. The summed E-state index contributed by atoms with van der Waals surface area (Å²) >= 11 is 0. The fraction of sp³-hybridized carbons (Fsp3) is 0.0476. The largest absolute Gasteiger partial charge is 0.457 e. The lowest BCUT2D eigenvalue weighted by Crippen LogP contribution is -2.06. The van der Waals surface area contributed by atoms with Crippen molar-refractivity contribution in [3.05, 3.63) is 97.4 Å². The second-order valence-electron chi connectivity index (χ2n) is 6.60. The highest BCUT2D eigenvalue weighted by atomic mass is 16.6. The van der Waals surface area contributed by atoms with Gasteiger partial charge in [-0.25, -0.2) is 9.79 Å². The number of nitro benzene ring substituents is 2. The van der Waals surface area contributed by atoms with Crippen molar-refractivity contribution >= 4 is 29.3 Å². The Morgan fingerprint density at radius 2 is 1.77 bits per heavy atom. The molecule has 10 nitrogen and oxygen atoms in total. The fourth-order valence-electron chi connectivity index (χ4n) is 2.96. The van der Waals surface area contributed by atoms with Crippen molar-refractivity contribution in [2.75, 3.05) is 0 Å². The van der Waals surface area contributed by atoms with Gasteiger partial charge in [0.2, 0.25) is 5.90 Å². The van der Waals surface area contributed by atoms with Crippen LogP contribution < -0.4 is 0 Å². The topological polar surface area (TPSA) is 138 Å². The number of aliphatic imine (C=N–C) groups is 1. The highest BCUT2D eigenvalue weighted by Crippen LogP contribution is 2.28. The third-order valence-electron chi connectivity index (χ3n) is 4.52. The summed E-state index contributed by atoms with van der Waals surface area (Å²) in [5.74, 6) is -0.120. The van der Waals surface area contributed by atoms with Crippen molar-refractivity contribution in [3.8, 4) is 11.3 Å². The molecule has 1 aliphatic heterocycles. The normalized spacial score (nSPS) is 14.4. The van der Waals surface area contributed by atoms with Gasteiger partial charge in [0.15, 0.2) is 5.70 Å². The zero-order chi connectivity index (χ0) is 22.1. The van der Waals surface area contributed by atoms with Crippen LogP contribution in [0.3, 0.4) is 0 Å². The number of non-ortho nitro benzene ring substituents is 1. The average molecular weight is 419 g/mol. The lowest BCUT2D eigenvalue weighted by molar-refractivity contribution is -0.385. The quantitative estimate of drug-likeness (QED) is 0.258. The van der Waals surface area contributed by atoms with Gasteiger partial charge in [0.25, 0.3) is 11.4 Å². The number of hydrogen-bond acceptors (Lipinski definition) is 8. The van der Waals surface area contributed by atoms with Gasteiger partial charge in [0.1, 0.15) is 11.5 Å². The van der Waals surface area contributed by atoms with E-state index in [2.05, 4.69) is 4.99 Å². The molecule has 0 bridgehead atoms. The molecule has 0 saturated carbocycles. The smallest absolute Gasteiger partial charge is 0.363 e. The Bertz CT molecular complexity index is 1300. The number of nitro groups is 2. The molecular formula is C21H13N3O7. The number of cyclic esters (lactones) is 1. The van der Waals surface area contributed by atoms with Crippen molar-refractivity contribution in [2.24, 2.45) is 4.99 Å². The van der Waals surface area contributed by atoms with Crippen LogP contribution in [0.1, 0.15) is 16.9 Å². The predicted octanol–water partition coefficient (Wildman–Crippen LogP) is 4.42. The summed E-state index contributed by atoms with van der Waals surface area (Å²) in [7, 11) is 0. The summed E-state index contributed by atoms with van der Waals surface area (Å²) in [6, 6.07) is 13.5. The molecule has 10 heteroatoms. The minimum absolute atomic E-state index is 0.0434. The van der Waals surface area contributed by atoms with Gasteiger partial charge in [0.05, 0.1) is 9.85 Å². The number of carbonyl (C=O) groups is 1. The van der Waals surface area contributed by atoms with Gasteiger partial charge in [-0.3, -0.25) is 20.2 Å². The molecule has 154 valence electrons. The molecule has 0 fully saturated rings. The molecule has 0 spiro atoms. The number of esters is 1. The Hall–Kier alpha value is -4.60. The molecule has 3 aromatic rings. The first kappa shape index (κ1) is 19.7. The van der Waals surface area contributed by atoms with Crippen molar-refractivity contribution in [1.82, 2.24) is 0 Å². The van der Waals surface area contributed by atoms with Crippen molar-refractivity contribution < 1.29 is 23.8 Å². The Morgan fingerprint density at radius 1 is 0.968 bits per heavy atom. The molecule has 1 aliphatic rings. The number of carbonyl (C=O) groups excluding carboxylic acids is 1. The van der Waals surface area contributed by atoms with Gasteiger partial charge in [-0.1, -0.05) is 18.2 Å². The van der Waals surface area contributed by atoms with Gasteiger partial charge < -0.3 is 9.15 Å². The van der Waals surface area contributed by atoms with E-state index in [-0.39, 0.29) is 28.7 Å². The molecular weight excluding hydrogens is 406 g/mol. The standard InChI is InChI=1S/C21H13N3O7/c1-12-5-6-14(10-18(12)24(28)29)20-22-17(21(25)31-20)11-16-7-8-19(30-16)13-3-2-4-15(9-13)23(26)27/h2-11H,1H3/b17-11-. The first-order valence-electron chi connectivity index (χ1n) is 8.94. The molecule has 0 saturated heterocycles. The van der Waals surface area contributed by atoms with Crippen molar-refractivity contribution in [1.29, 1.82) is 0 Å². The van der Waals surface area contributed by atoms with Gasteiger partial charge in [-0.2, -0.15) is 0 Å². The summed E-state index contributed by atoms with van der Waals surface area (Å²) in [4.78, 5) is 37.4. The number of aryl methyl sites for hydroxylation is 1. The van der Waals surface area contributed by atoms with Crippen LogP contribution in [0.15, 0.2) is 69.7 Å². The third-order valence-corrected chi connectivity index (χ3v) is 4.52. The van der Waals surface area contributed by atoms with E-state index < -0.39 is 15.8 Å². The van der Waals surface area contributed by atoms with Crippen LogP contribution in [0.25, 0.3) is 17.4 Å². The van der Waals surface area contributed by atoms with Crippen LogP contribution in [0.2, 0.25) is 0 Å².